The molecule has 0 spiro atoms. The zero-order valence-corrected chi connectivity index (χ0v) is 10.9. The van der Waals surface area contributed by atoms with Crippen molar-refractivity contribution in [2.24, 2.45) is 5.92 Å². The molecule has 1 aliphatic heterocycles. The van der Waals surface area contributed by atoms with E-state index in [1.165, 1.54) is 30.5 Å². The zero-order valence-electron chi connectivity index (χ0n) is 10.9. The Morgan fingerprint density at radius 1 is 1.33 bits per heavy atom. The van der Waals surface area contributed by atoms with Crippen molar-refractivity contribution in [3.05, 3.63) is 29.8 Å². The Kier molecular flexibility index (Phi) is 2.98. The fourth-order valence-corrected chi connectivity index (χ4v) is 2.55. The fourth-order valence-electron chi connectivity index (χ4n) is 2.55. The van der Waals surface area contributed by atoms with Gasteiger partial charge in [-0.3, -0.25) is 4.79 Å². The predicted molar refractivity (Wildman–Crippen MR) is 72.7 cm³/mol. The molecule has 3 nitrogen and oxygen atoms in total. The smallest absolute Gasteiger partial charge is 0.226 e. The molecular formula is C15H20N2O. The van der Waals surface area contributed by atoms with Crippen LogP contribution in [0.15, 0.2) is 24.3 Å². The number of nitrogens with zero attached hydrogens (tertiary/aromatic N) is 1. The highest BCUT2D eigenvalue weighted by Crippen LogP contribution is 2.26. The molecule has 1 aromatic rings. The maximum atomic E-state index is 11.9. The van der Waals surface area contributed by atoms with Gasteiger partial charge in [0.25, 0.3) is 0 Å². The van der Waals surface area contributed by atoms with E-state index in [1.54, 1.807) is 0 Å². The summed E-state index contributed by atoms with van der Waals surface area (Å²) >= 11 is 0. The summed E-state index contributed by atoms with van der Waals surface area (Å²) in [6.07, 6.45) is 3.60. The largest absolute Gasteiger partial charge is 0.370 e. The van der Waals surface area contributed by atoms with Gasteiger partial charge in [0, 0.05) is 24.8 Å². The molecule has 1 N–H and O–H groups in total. The van der Waals surface area contributed by atoms with Crippen LogP contribution >= 0.6 is 0 Å². The third kappa shape index (κ3) is 2.22. The predicted octanol–water partition coefficient (Wildman–Crippen LogP) is 2.10. The Morgan fingerprint density at radius 2 is 2.11 bits per heavy atom. The van der Waals surface area contributed by atoms with Crippen molar-refractivity contribution in [1.29, 1.82) is 0 Å². The summed E-state index contributed by atoms with van der Waals surface area (Å²) in [6, 6.07) is 8.94. The minimum atomic E-state index is 0.186. The molecule has 96 valence electrons. The highest BCUT2D eigenvalue weighted by Gasteiger charge is 2.34. The molecule has 0 aromatic heterocycles. The summed E-state index contributed by atoms with van der Waals surface area (Å²) in [4.78, 5) is 14.2. The van der Waals surface area contributed by atoms with Crippen LogP contribution in [-0.4, -0.2) is 25.0 Å². The molecule has 18 heavy (non-hydrogen) atoms. The highest BCUT2D eigenvalue weighted by molar-refractivity contribution is 5.82. The third-order valence-corrected chi connectivity index (χ3v) is 4.07. The van der Waals surface area contributed by atoms with Gasteiger partial charge < -0.3 is 10.2 Å². The molecule has 3 heteroatoms. The number of carbonyl (C=O) groups excluding carboxylic acids is 1. The number of hydrogen-bond acceptors (Lipinski definition) is 2. The molecule has 0 bridgehead atoms. The van der Waals surface area contributed by atoms with E-state index in [1.807, 2.05) is 0 Å². The number of carbonyl (C=O) groups is 1. The number of aryl methyl sites for hydroxylation is 1. The summed E-state index contributed by atoms with van der Waals surface area (Å²) in [7, 11) is 0. The van der Waals surface area contributed by atoms with Gasteiger partial charge in [0.1, 0.15) is 0 Å². The van der Waals surface area contributed by atoms with Crippen molar-refractivity contribution >= 4 is 11.6 Å². The maximum Gasteiger partial charge on any atom is 0.226 e. The minimum Gasteiger partial charge on any atom is -0.370 e. The van der Waals surface area contributed by atoms with Crippen LogP contribution in [0.4, 0.5) is 5.69 Å². The van der Waals surface area contributed by atoms with Crippen LogP contribution in [0.1, 0.15) is 24.8 Å². The lowest BCUT2D eigenvalue weighted by Gasteiger charge is -2.41. The van der Waals surface area contributed by atoms with Gasteiger partial charge in [-0.1, -0.05) is 12.1 Å². The van der Waals surface area contributed by atoms with Crippen LogP contribution in [0.25, 0.3) is 0 Å². The average Bonchev–Trinajstić information content (AvgIpc) is 2.21. The molecule has 1 saturated carbocycles. The lowest BCUT2D eigenvalue weighted by molar-refractivity contribution is -0.127. The first-order chi connectivity index (χ1) is 8.72. The number of rotatable bonds is 3. The van der Waals surface area contributed by atoms with Crippen LogP contribution in [0.2, 0.25) is 0 Å². The van der Waals surface area contributed by atoms with Crippen molar-refractivity contribution in [2.75, 3.05) is 18.0 Å². The van der Waals surface area contributed by atoms with Gasteiger partial charge in [-0.25, -0.2) is 0 Å². The van der Waals surface area contributed by atoms with Gasteiger partial charge in [-0.2, -0.15) is 0 Å². The Morgan fingerprint density at radius 3 is 2.72 bits per heavy atom. The first kappa shape index (κ1) is 11.6. The van der Waals surface area contributed by atoms with Gasteiger partial charge in [0.05, 0.1) is 5.92 Å². The Labute approximate surface area is 108 Å². The molecule has 2 aliphatic rings. The highest BCUT2D eigenvalue weighted by atomic mass is 16.2. The molecule has 3 rings (SSSR count). The molecule has 0 atom stereocenters. The molecule has 0 radical (unpaired) electrons. The van der Waals surface area contributed by atoms with Crippen molar-refractivity contribution in [1.82, 2.24) is 5.32 Å². The number of amides is 1. The first-order valence-electron chi connectivity index (χ1n) is 6.84. The van der Waals surface area contributed by atoms with E-state index >= 15 is 0 Å². The monoisotopic (exact) mass is 244 g/mol. The summed E-state index contributed by atoms with van der Waals surface area (Å²) in [5.41, 5.74) is 2.51. The Hall–Kier alpha value is -1.51. The maximum absolute atomic E-state index is 11.9. The normalized spacial score (nSPS) is 20.2. The average molecular weight is 244 g/mol. The van der Waals surface area contributed by atoms with Crippen LogP contribution in [0, 0.1) is 12.8 Å². The minimum absolute atomic E-state index is 0.186. The van der Waals surface area contributed by atoms with Gasteiger partial charge in [-0.05, 0) is 43.9 Å². The van der Waals surface area contributed by atoms with Crippen LogP contribution in [-0.2, 0) is 4.79 Å². The van der Waals surface area contributed by atoms with E-state index in [0.29, 0.717) is 6.04 Å². The van der Waals surface area contributed by atoms with Gasteiger partial charge in [0.15, 0.2) is 0 Å². The fraction of sp³-hybridized carbons (Fsp3) is 0.533. The second-order valence-corrected chi connectivity index (χ2v) is 5.58. The third-order valence-electron chi connectivity index (χ3n) is 4.07. The Bertz CT molecular complexity index is 448. The van der Waals surface area contributed by atoms with Crippen LogP contribution in [0.5, 0.6) is 0 Å². The molecule has 1 aliphatic carbocycles. The standard InChI is InChI=1S/C15H20N2O/c1-11-4-2-7-14(8-11)17-9-12(10-17)15(18)16-13-5-3-6-13/h2,4,7-8,12-13H,3,5-6,9-10H2,1H3,(H,16,18). The van der Waals surface area contributed by atoms with Crippen molar-refractivity contribution in [3.63, 3.8) is 0 Å². The topological polar surface area (TPSA) is 32.3 Å². The molecule has 0 unspecified atom stereocenters. The van der Waals surface area contributed by atoms with Gasteiger partial charge >= 0.3 is 0 Å². The molecule has 2 fully saturated rings. The van der Waals surface area contributed by atoms with Crippen LogP contribution < -0.4 is 10.2 Å². The summed E-state index contributed by atoms with van der Waals surface area (Å²) in [6.45, 7) is 3.83. The first-order valence-corrected chi connectivity index (χ1v) is 6.84. The summed E-state index contributed by atoms with van der Waals surface area (Å²) in [5, 5.41) is 3.14. The number of hydrogen-bond donors (Lipinski definition) is 1. The van der Waals surface area contributed by atoms with Gasteiger partial charge in [0.2, 0.25) is 5.91 Å². The Balaban J connectivity index is 1.51. The number of nitrogens with one attached hydrogen (secondary N) is 1. The van der Waals surface area contributed by atoms with E-state index in [2.05, 4.69) is 41.4 Å². The lowest BCUT2D eigenvalue weighted by Crippen LogP contribution is -2.56. The van der Waals surface area contributed by atoms with Crippen molar-refractivity contribution in [2.45, 2.75) is 32.2 Å². The van der Waals surface area contributed by atoms with E-state index in [0.717, 1.165) is 13.1 Å². The lowest BCUT2D eigenvalue weighted by atomic mass is 9.91. The van der Waals surface area contributed by atoms with Crippen molar-refractivity contribution in [3.8, 4) is 0 Å². The quantitative estimate of drug-likeness (QED) is 0.883. The van der Waals surface area contributed by atoms with E-state index in [4.69, 9.17) is 0 Å². The number of anilines is 1. The molecular weight excluding hydrogens is 224 g/mol. The summed E-state index contributed by atoms with van der Waals surface area (Å²) in [5.74, 6) is 0.440. The zero-order chi connectivity index (χ0) is 12.5. The second kappa shape index (κ2) is 4.63. The van der Waals surface area contributed by atoms with Crippen molar-refractivity contribution < 1.29 is 4.79 Å². The second-order valence-electron chi connectivity index (χ2n) is 5.58. The van der Waals surface area contributed by atoms with Gasteiger partial charge in [-0.15, -0.1) is 0 Å². The molecule has 1 amide bonds. The molecule has 1 saturated heterocycles. The summed E-state index contributed by atoms with van der Waals surface area (Å²) < 4.78 is 0. The SMILES string of the molecule is Cc1cccc(N2CC(C(=O)NC3CCC3)C2)c1. The van der Waals surface area contributed by atoms with Crippen LogP contribution in [0.3, 0.4) is 0 Å². The number of benzene rings is 1. The molecule has 1 heterocycles. The van der Waals surface area contributed by atoms with E-state index in [9.17, 15) is 4.79 Å². The van der Waals surface area contributed by atoms with E-state index in [-0.39, 0.29) is 11.8 Å². The molecule has 1 aromatic carbocycles. The van der Waals surface area contributed by atoms with E-state index < -0.39 is 0 Å².